The molecular weight excluding hydrogens is 449 g/mol. The number of likely N-dealkylation sites (N-methyl/N-ethyl adjacent to an activating group) is 1. The molecule has 0 bridgehead atoms. The Balaban J connectivity index is 2.01. The van der Waals surface area contributed by atoms with Crippen molar-refractivity contribution in [2.75, 3.05) is 20.2 Å². The highest BCUT2D eigenvalue weighted by atomic mass is 19.2. The summed E-state index contributed by atoms with van der Waals surface area (Å²) in [5.74, 6) is -4.31. The molecule has 1 unspecified atom stereocenters. The highest BCUT2D eigenvalue weighted by Gasteiger charge is 2.29. The molecule has 0 aliphatic heterocycles. The average Bonchev–Trinajstić information content (AvgIpc) is 2.74. The fraction of sp³-hybridized carbons (Fsp3) is 0.320. The van der Waals surface area contributed by atoms with Crippen molar-refractivity contribution in [1.82, 2.24) is 10.2 Å². The van der Waals surface area contributed by atoms with Gasteiger partial charge in [0.1, 0.15) is 18.5 Å². The van der Waals surface area contributed by atoms with E-state index in [2.05, 4.69) is 5.32 Å². The molecule has 2 aromatic carbocycles. The van der Waals surface area contributed by atoms with E-state index in [0.29, 0.717) is 0 Å². The number of carbonyl (C=O) groups is 3. The van der Waals surface area contributed by atoms with E-state index in [1.165, 1.54) is 23.1 Å². The van der Waals surface area contributed by atoms with E-state index in [9.17, 15) is 27.6 Å². The number of halogens is 3. The first-order valence-corrected chi connectivity index (χ1v) is 10.5. The molecule has 182 valence electrons. The van der Waals surface area contributed by atoms with E-state index in [0.717, 1.165) is 36.4 Å². The van der Waals surface area contributed by atoms with Crippen LogP contribution in [-0.2, 0) is 14.3 Å². The molecule has 0 spiro atoms. The zero-order valence-electron chi connectivity index (χ0n) is 19.4. The van der Waals surface area contributed by atoms with E-state index in [-0.39, 0.29) is 24.3 Å². The minimum atomic E-state index is -1.08. The molecule has 1 atom stereocenters. The summed E-state index contributed by atoms with van der Waals surface area (Å²) in [5, 5.41) is 2.81. The number of benzene rings is 2. The summed E-state index contributed by atoms with van der Waals surface area (Å²) in [6, 6.07) is 7.10. The summed E-state index contributed by atoms with van der Waals surface area (Å²) in [6.45, 7) is 5.32. The Bertz CT molecular complexity index is 1060. The normalized spacial score (nSPS) is 12.6. The van der Waals surface area contributed by atoms with Gasteiger partial charge in [-0.25, -0.2) is 18.0 Å². The number of hydrogen-bond donors (Lipinski definition) is 1. The SMILES string of the molecule is CN(CCOC(=O)/C=C/C(=O)c1ccc(F)cc1)C(C(=O)NC(C)(C)C)c1ccc(F)c(F)c1. The highest BCUT2D eigenvalue weighted by Crippen LogP contribution is 2.23. The lowest BCUT2D eigenvalue weighted by Crippen LogP contribution is -2.47. The summed E-state index contributed by atoms with van der Waals surface area (Å²) in [5.41, 5.74) is -0.119. The second kappa shape index (κ2) is 11.6. The van der Waals surface area contributed by atoms with Gasteiger partial charge in [0.15, 0.2) is 17.4 Å². The number of esters is 1. The van der Waals surface area contributed by atoms with Crippen LogP contribution >= 0.6 is 0 Å². The third-order valence-electron chi connectivity index (χ3n) is 4.63. The van der Waals surface area contributed by atoms with Crippen molar-refractivity contribution in [3.05, 3.63) is 83.2 Å². The molecule has 2 rings (SSSR count). The molecule has 0 aliphatic carbocycles. The number of ether oxygens (including phenoxy) is 1. The van der Waals surface area contributed by atoms with Gasteiger partial charge in [0, 0.05) is 23.7 Å². The Hall–Kier alpha value is -3.46. The molecule has 6 nitrogen and oxygen atoms in total. The van der Waals surface area contributed by atoms with Gasteiger partial charge in [-0.15, -0.1) is 0 Å². The van der Waals surface area contributed by atoms with Gasteiger partial charge in [-0.1, -0.05) is 6.07 Å². The molecular formula is C25H27F3N2O4. The number of hydrogen-bond acceptors (Lipinski definition) is 5. The van der Waals surface area contributed by atoms with Crippen molar-refractivity contribution >= 4 is 17.7 Å². The summed E-state index contributed by atoms with van der Waals surface area (Å²) in [4.78, 5) is 38.4. The average molecular weight is 476 g/mol. The molecule has 34 heavy (non-hydrogen) atoms. The molecule has 0 saturated carbocycles. The predicted octanol–water partition coefficient (Wildman–Crippen LogP) is 3.97. The van der Waals surface area contributed by atoms with E-state index in [4.69, 9.17) is 4.74 Å². The van der Waals surface area contributed by atoms with Crippen LogP contribution in [0, 0.1) is 17.5 Å². The number of rotatable bonds is 9. The molecule has 1 amide bonds. The van der Waals surface area contributed by atoms with Crippen molar-refractivity contribution in [2.24, 2.45) is 0 Å². The fourth-order valence-corrected chi connectivity index (χ4v) is 3.05. The van der Waals surface area contributed by atoms with Crippen LogP contribution in [0.4, 0.5) is 13.2 Å². The molecule has 0 aromatic heterocycles. The molecule has 0 radical (unpaired) electrons. The highest BCUT2D eigenvalue weighted by molar-refractivity contribution is 6.06. The number of nitrogens with zero attached hydrogens (tertiary/aromatic N) is 1. The lowest BCUT2D eigenvalue weighted by atomic mass is 10.0. The maximum atomic E-state index is 13.8. The van der Waals surface area contributed by atoms with Crippen LogP contribution in [0.25, 0.3) is 0 Å². The molecule has 0 fully saturated rings. The molecule has 0 aliphatic rings. The summed E-state index contributed by atoms with van der Waals surface area (Å²) < 4.78 is 45.2. The number of nitrogens with one attached hydrogen (secondary N) is 1. The van der Waals surface area contributed by atoms with Gasteiger partial charge in [0.05, 0.1) is 0 Å². The van der Waals surface area contributed by atoms with Crippen LogP contribution in [0.1, 0.15) is 42.7 Å². The first kappa shape index (κ1) is 26.8. The Morgan fingerprint density at radius 1 is 1.00 bits per heavy atom. The summed E-state index contributed by atoms with van der Waals surface area (Å²) >= 11 is 0. The van der Waals surface area contributed by atoms with Gasteiger partial charge >= 0.3 is 5.97 Å². The van der Waals surface area contributed by atoms with Crippen molar-refractivity contribution < 1.29 is 32.3 Å². The maximum Gasteiger partial charge on any atom is 0.330 e. The largest absolute Gasteiger partial charge is 0.461 e. The van der Waals surface area contributed by atoms with Crippen molar-refractivity contribution in [3.8, 4) is 0 Å². The Morgan fingerprint density at radius 3 is 2.24 bits per heavy atom. The molecule has 9 heteroatoms. The zero-order valence-corrected chi connectivity index (χ0v) is 19.4. The second-order valence-electron chi connectivity index (χ2n) is 8.67. The van der Waals surface area contributed by atoms with Crippen molar-refractivity contribution in [2.45, 2.75) is 32.4 Å². The monoisotopic (exact) mass is 476 g/mol. The smallest absolute Gasteiger partial charge is 0.330 e. The Kier molecular flexibility index (Phi) is 9.14. The first-order valence-electron chi connectivity index (χ1n) is 10.5. The van der Waals surface area contributed by atoms with Gasteiger partial charge in [-0.05, 0) is 75.9 Å². The van der Waals surface area contributed by atoms with Crippen LogP contribution in [0.5, 0.6) is 0 Å². The van der Waals surface area contributed by atoms with Crippen LogP contribution < -0.4 is 5.32 Å². The second-order valence-corrected chi connectivity index (χ2v) is 8.67. The molecule has 2 aromatic rings. The summed E-state index contributed by atoms with van der Waals surface area (Å²) in [6.07, 6.45) is 1.96. The lowest BCUT2D eigenvalue weighted by Gasteiger charge is -2.31. The number of ketones is 1. The van der Waals surface area contributed by atoms with E-state index in [1.54, 1.807) is 27.8 Å². The van der Waals surface area contributed by atoms with Crippen LogP contribution in [0.15, 0.2) is 54.6 Å². The van der Waals surface area contributed by atoms with Gasteiger partial charge in [-0.2, -0.15) is 0 Å². The van der Waals surface area contributed by atoms with Crippen LogP contribution in [-0.4, -0.2) is 48.3 Å². The van der Waals surface area contributed by atoms with Gasteiger partial charge in [-0.3, -0.25) is 14.5 Å². The molecule has 1 N–H and O–H groups in total. The van der Waals surface area contributed by atoms with Crippen LogP contribution in [0.2, 0.25) is 0 Å². The fourth-order valence-electron chi connectivity index (χ4n) is 3.05. The van der Waals surface area contributed by atoms with Gasteiger partial charge < -0.3 is 10.1 Å². The molecule has 0 heterocycles. The zero-order chi connectivity index (χ0) is 25.5. The standard InChI is InChI=1S/C25H27F3N2O4/c1-25(2,3)29-24(33)23(17-7-10-19(27)20(28)15-17)30(4)13-14-34-22(32)12-11-21(31)16-5-8-18(26)9-6-16/h5-12,15,23H,13-14H2,1-4H3,(H,29,33)/b12-11+. The van der Waals surface area contributed by atoms with Crippen molar-refractivity contribution in [1.29, 1.82) is 0 Å². The summed E-state index contributed by atoms with van der Waals surface area (Å²) in [7, 11) is 1.58. The number of allylic oxidation sites excluding steroid dienone is 1. The van der Waals surface area contributed by atoms with Gasteiger partial charge in [0.2, 0.25) is 5.91 Å². The minimum Gasteiger partial charge on any atom is -0.461 e. The maximum absolute atomic E-state index is 13.8. The number of carbonyl (C=O) groups excluding carboxylic acids is 3. The van der Waals surface area contributed by atoms with E-state index in [1.807, 2.05) is 0 Å². The number of amides is 1. The Labute approximate surface area is 196 Å². The third-order valence-corrected chi connectivity index (χ3v) is 4.63. The van der Waals surface area contributed by atoms with E-state index < -0.39 is 46.7 Å². The van der Waals surface area contributed by atoms with Gasteiger partial charge in [0.25, 0.3) is 0 Å². The van der Waals surface area contributed by atoms with Crippen molar-refractivity contribution in [3.63, 3.8) is 0 Å². The van der Waals surface area contributed by atoms with E-state index >= 15 is 0 Å². The predicted molar refractivity (Wildman–Crippen MR) is 120 cm³/mol. The Morgan fingerprint density at radius 2 is 1.65 bits per heavy atom. The molecule has 0 saturated heterocycles. The quantitative estimate of drug-likeness (QED) is 0.337. The first-order chi connectivity index (χ1) is 15.9. The lowest BCUT2D eigenvalue weighted by molar-refractivity contribution is -0.138. The minimum absolute atomic E-state index is 0.0900. The van der Waals surface area contributed by atoms with Crippen LogP contribution in [0.3, 0.4) is 0 Å². The third kappa shape index (κ3) is 8.15. The topological polar surface area (TPSA) is 75.7 Å².